The molecule has 0 radical (unpaired) electrons. The van der Waals surface area contributed by atoms with E-state index in [1.54, 1.807) is 6.92 Å². The van der Waals surface area contributed by atoms with Crippen LogP contribution in [0.15, 0.2) is 24.3 Å². The van der Waals surface area contributed by atoms with Crippen LogP contribution in [-0.4, -0.2) is 29.3 Å². The van der Waals surface area contributed by atoms with E-state index in [1.807, 2.05) is 0 Å². The molecule has 1 aliphatic heterocycles. The fraction of sp³-hybridized carbons (Fsp3) is 0.429. The molecule has 1 amide bonds. The number of carbonyl (C=O) groups excluding carboxylic acids is 1. The number of ether oxygens (including phenoxy) is 1. The van der Waals surface area contributed by atoms with E-state index in [9.17, 15) is 22.8 Å². The summed E-state index contributed by atoms with van der Waals surface area (Å²) in [6, 6.07) is 4.36. The van der Waals surface area contributed by atoms with E-state index in [4.69, 9.17) is 9.84 Å². The number of halogens is 3. The van der Waals surface area contributed by atoms with Crippen LogP contribution in [-0.2, 0) is 15.7 Å². The predicted molar refractivity (Wildman–Crippen MR) is 70.5 cm³/mol. The van der Waals surface area contributed by atoms with Crippen LogP contribution in [0.4, 0.5) is 23.7 Å². The third-order valence-corrected chi connectivity index (χ3v) is 3.40. The Morgan fingerprint density at radius 3 is 2.73 bits per heavy atom. The molecule has 0 bridgehead atoms. The van der Waals surface area contributed by atoms with Gasteiger partial charge in [0.05, 0.1) is 12.1 Å². The Hall–Kier alpha value is -2.25. The lowest BCUT2D eigenvalue weighted by Gasteiger charge is -2.21. The number of amides is 1. The highest BCUT2D eigenvalue weighted by Crippen LogP contribution is 2.35. The van der Waals surface area contributed by atoms with Crippen LogP contribution in [0.2, 0.25) is 0 Å². The quantitative estimate of drug-likeness (QED) is 0.925. The summed E-state index contributed by atoms with van der Waals surface area (Å²) in [5.74, 6) is -1.03. The number of benzene rings is 1. The average Bonchev–Trinajstić information content (AvgIpc) is 2.72. The van der Waals surface area contributed by atoms with Crippen LogP contribution in [0.3, 0.4) is 0 Å². The molecular formula is C14H14F3NO4. The van der Waals surface area contributed by atoms with Crippen molar-refractivity contribution in [3.05, 3.63) is 29.8 Å². The van der Waals surface area contributed by atoms with Gasteiger partial charge < -0.3 is 9.84 Å². The zero-order chi connectivity index (χ0) is 16.5. The van der Waals surface area contributed by atoms with Gasteiger partial charge in [-0.1, -0.05) is 6.07 Å². The molecule has 0 aromatic heterocycles. The highest BCUT2D eigenvalue weighted by Gasteiger charge is 2.42. The van der Waals surface area contributed by atoms with Crippen molar-refractivity contribution < 1.29 is 32.6 Å². The number of anilines is 1. The lowest BCUT2D eigenvalue weighted by Crippen LogP contribution is -2.32. The first kappa shape index (κ1) is 16.1. The Bertz CT molecular complexity index is 602. The average molecular weight is 317 g/mol. The minimum Gasteiger partial charge on any atom is -0.481 e. The molecule has 1 aliphatic rings. The molecule has 1 aromatic carbocycles. The van der Waals surface area contributed by atoms with E-state index in [2.05, 4.69) is 0 Å². The van der Waals surface area contributed by atoms with Gasteiger partial charge in [-0.15, -0.1) is 0 Å². The third-order valence-electron chi connectivity index (χ3n) is 3.40. The molecule has 2 rings (SSSR count). The first-order valence-electron chi connectivity index (χ1n) is 6.50. The summed E-state index contributed by atoms with van der Waals surface area (Å²) in [4.78, 5) is 23.6. The Balaban J connectivity index is 2.20. The van der Waals surface area contributed by atoms with Gasteiger partial charge in [0.1, 0.15) is 5.60 Å². The Morgan fingerprint density at radius 2 is 2.14 bits per heavy atom. The Kier molecular flexibility index (Phi) is 4.04. The number of carboxylic acids is 1. The second-order valence-electron chi connectivity index (χ2n) is 5.35. The molecule has 1 fully saturated rings. The van der Waals surface area contributed by atoms with Crippen molar-refractivity contribution >= 4 is 17.7 Å². The summed E-state index contributed by atoms with van der Waals surface area (Å²) in [5, 5.41) is 8.68. The monoisotopic (exact) mass is 317 g/mol. The highest BCUT2D eigenvalue weighted by molar-refractivity contribution is 5.90. The molecule has 0 spiro atoms. The number of hydrogen-bond acceptors (Lipinski definition) is 3. The van der Waals surface area contributed by atoms with Crippen molar-refractivity contribution in [2.75, 3.05) is 11.4 Å². The standard InChI is InChI=1S/C14H14F3NO4/c1-13(6-5-11(19)20)8-18(12(21)22-13)10-4-2-3-9(7-10)14(15,16)17/h2-4,7H,5-6,8H2,1H3,(H,19,20). The van der Waals surface area contributed by atoms with Gasteiger partial charge in [0.15, 0.2) is 0 Å². The molecule has 120 valence electrons. The molecule has 1 saturated heterocycles. The summed E-state index contributed by atoms with van der Waals surface area (Å²) in [6.45, 7) is 1.56. The maximum Gasteiger partial charge on any atom is 0.416 e. The van der Waals surface area contributed by atoms with Crippen molar-refractivity contribution in [3.8, 4) is 0 Å². The van der Waals surface area contributed by atoms with Gasteiger partial charge in [-0.3, -0.25) is 9.69 Å². The number of carbonyl (C=O) groups is 2. The first-order chi connectivity index (χ1) is 10.1. The topological polar surface area (TPSA) is 66.8 Å². The van der Waals surface area contributed by atoms with E-state index in [-0.39, 0.29) is 25.1 Å². The van der Waals surface area contributed by atoms with Crippen molar-refractivity contribution in [1.29, 1.82) is 0 Å². The zero-order valence-corrected chi connectivity index (χ0v) is 11.7. The van der Waals surface area contributed by atoms with Gasteiger partial charge >= 0.3 is 18.2 Å². The molecule has 0 aliphatic carbocycles. The summed E-state index contributed by atoms with van der Waals surface area (Å²) in [6.07, 6.45) is -5.40. The van der Waals surface area contributed by atoms with Crippen molar-refractivity contribution in [1.82, 2.24) is 0 Å². The van der Waals surface area contributed by atoms with E-state index >= 15 is 0 Å². The molecule has 1 heterocycles. The first-order valence-corrected chi connectivity index (χ1v) is 6.50. The number of carboxylic acid groups (broad SMARTS) is 1. The van der Waals surface area contributed by atoms with Crippen molar-refractivity contribution in [2.24, 2.45) is 0 Å². The minimum absolute atomic E-state index is 0.000420. The van der Waals surface area contributed by atoms with Crippen LogP contribution < -0.4 is 4.90 Å². The van der Waals surface area contributed by atoms with Crippen LogP contribution >= 0.6 is 0 Å². The van der Waals surface area contributed by atoms with E-state index < -0.39 is 29.4 Å². The summed E-state index contributed by atoms with van der Waals surface area (Å²) < 4.78 is 43.3. The number of hydrogen-bond donors (Lipinski definition) is 1. The number of alkyl halides is 3. The third kappa shape index (κ3) is 3.49. The largest absolute Gasteiger partial charge is 0.481 e. The van der Waals surface area contributed by atoms with Crippen LogP contribution in [0.5, 0.6) is 0 Å². The second-order valence-corrected chi connectivity index (χ2v) is 5.35. The lowest BCUT2D eigenvalue weighted by molar-refractivity contribution is -0.138. The summed E-state index contributed by atoms with van der Waals surface area (Å²) >= 11 is 0. The van der Waals surface area contributed by atoms with E-state index in [0.29, 0.717) is 0 Å². The number of nitrogens with zero attached hydrogens (tertiary/aromatic N) is 1. The van der Waals surface area contributed by atoms with Crippen LogP contribution in [0.1, 0.15) is 25.3 Å². The van der Waals surface area contributed by atoms with E-state index in [1.165, 1.54) is 12.1 Å². The maximum atomic E-state index is 12.7. The van der Waals surface area contributed by atoms with Gasteiger partial charge in [0, 0.05) is 12.1 Å². The molecule has 0 saturated carbocycles. The summed E-state index contributed by atoms with van der Waals surface area (Å²) in [7, 11) is 0. The second kappa shape index (κ2) is 5.51. The molecule has 1 N–H and O–H groups in total. The van der Waals surface area contributed by atoms with Gasteiger partial charge in [-0.05, 0) is 31.5 Å². The fourth-order valence-electron chi connectivity index (χ4n) is 2.25. The lowest BCUT2D eigenvalue weighted by atomic mass is 10.00. The SMILES string of the molecule is CC1(CCC(=O)O)CN(c2cccc(C(F)(F)F)c2)C(=O)O1. The molecule has 1 aromatic rings. The van der Waals surface area contributed by atoms with Gasteiger partial charge in [-0.2, -0.15) is 13.2 Å². The number of aliphatic carboxylic acids is 1. The number of cyclic esters (lactones) is 1. The zero-order valence-electron chi connectivity index (χ0n) is 11.7. The highest BCUT2D eigenvalue weighted by atomic mass is 19.4. The molecule has 1 unspecified atom stereocenters. The fourth-order valence-corrected chi connectivity index (χ4v) is 2.25. The minimum atomic E-state index is -4.51. The van der Waals surface area contributed by atoms with Crippen molar-refractivity contribution in [2.45, 2.75) is 31.5 Å². The molecule has 22 heavy (non-hydrogen) atoms. The van der Waals surface area contributed by atoms with Gasteiger partial charge in [-0.25, -0.2) is 4.79 Å². The normalized spacial score (nSPS) is 21.8. The Morgan fingerprint density at radius 1 is 1.45 bits per heavy atom. The molecule has 5 nitrogen and oxygen atoms in total. The number of rotatable bonds is 4. The smallest absolute Gasteiger partial charge is 0.416 e. The van der Waals surface area contributed by atoms with Crippen LogP contribution in [0, 0.1) is 0 Å². The van der Waals surface area contributed by atoms with Crippen molar-refractivity contribution in [3.63, 3.8) is 0 Å². The molecule has 1 atom stereocenters. The Labute approximate surface area is 124 Å². The van der Waals surface area contributed by atoms with Gasteiger partial charge in [0.2, 0.25) is 0 Å². The van der Waals surface area contributed by atoms with Gasteiger partial charge in [0.25, 0.3) is 0 Å². The predicted octanol–water partition coefficient (Wildman–Crippen LogP) is 3.29. The molecule has 8 heteroatoms. The van der Waals surface area contributed by atoms with Crippen LogP contribution in [0.25, 0.3) is 0 Å². The van der Waals surface area contributed by atoms with E-state index in [0.717, 1.165) is 17.0 Å². The summed E-state index contributed by atoms with van der Waals surface area (Å²) in [5.41, 5.74) is -1.83. The molecular weight excluding hydrogens is 303 g/mol. The maximum absolute atomic E-state index is 12.7.